The molecule has 1 heterocycles. The topological polar surface area (TPSA) is 101 Å². The number of nitrogens with zero attached hydrogens (tertiary/aromatic N) is 1. The fourth-order valence-electron chi connectivity index (χ4n) is 3.66. The number of pyridine rings is 1. The third kappa shape index (κ3) is 8.23. The van der Waals surface area contributed by atoms with E-state index in [1.807, 2.05) is 7.05 Å². The first-order valence-corrected chi connectivity index (χ1v) is 11.6. The number of aliphatic carboxylic acids is 1. The molecule has 0 bridgehead atoms. The maximum Gasteiger partial charge on any atom is 0.433 e. The number of alkyl halides is 3. The van der Waals surface area contributed by atoms with Gasteiger partial charge in [-0.1, -0.05) is 23.3 Å². The Balaban J connectivity index is 0.000000319. The summed E-state index contributed by atoms with van der Waals surface area (Å²) in [6.45, 7) is 2.56. The highest BCUT2D eigenvalue weighted by atomic mass is 35.5. The summed E-state index contributed by atoms with van der Waals surface area (Å²) in [5.41, 5.74) is 1.51. The Morgan fingerprint density at radius 3 is 2.58 bits per heavy atom. The third-order valence-corrected chi connectivity index (χ3v) is 5.95. The van der Waals surface area contributed by atoms with Gasteiger partial charge in [0.05, 0.1) is 36.0 Å². The van der Waals surface area contributed by atoms with E-state index in [1.54, 1.807) is 19.1 Å². The van der Waals surface area contributed by atoms with E-state index < -0.39 is 23.9 Å². The lowest BCUT2D eigenvalue weighted by molar-refractivity contribution is -0.142. The number of ether oxygens (including phenoxy) is 1. The fraction of sp³-hybridized carbons (Fsp3) is 0.400. The van der Waals surface area contributed by atoms with E-state index in [-0.39, 0.29) is 22.3 Å². The van der Waals surface area contributed by atoms with Crippen molar-refractivity contribution in [3.8, 4) is 5.75 Å². The molecular formula is C25H29ClF3N3O4. The fourth-order valence-corrected chi connectivity index (χ4v) is 3.90. The monoisotopic (exact) mass is 527 g/mol. The van der Waals surface area contributed by atoms with Gasteiger partial charge in [0.2, 0.25) is 0 Å². The molecule has 2 aromatic rings. The second-order valence-corrected chi connectivity index (χ2v) is 8.64. The molecule has 1 aliphatic rings. The van der Waals surface area contributed by atoms with Gasteiger partial charge in [-0.3, -0.25) is 9.59 Å². The average molecular weight is 528 g/mol. The van der Waals surface area contributed by atoms with Crippen molar-refractivity contribution in [1.29, 1.82) is 0 Å². The summed E-state index contributed by atoms with van der Waals surface area (Å²) in [5, 5.41) is 15.1. The molecule has 0 radical (unpaired) electrons. The molecule has 0 spiro atoms. The number of rotatable bonds is 8. The number of likely N-dealkylation sites (N-methyl/N-ethyl adjacent to an activating group) is 1. The van der Waals surface area contributed by atoms with Crippen LogP contribution in [0.3, 0.4) is 0 Å². The van der Waals surface area contributed by atoms with Crippen molar-refractivity contribution >= 4 is 29.5 Å². The summed E-state index contributed by atoms with van der Waals surface area (Å²) < 4.78 is 43.7. The summed E-state index contributed by atoms with van der Waals surface area (Å²) in [7, 11) is 3.26. The molecule has 1 aromatic carbocycles. The van der Waals surface area contributed by atoms with Crippen molar-refractivity contribution in [2.75, 3.05) is 26.0 Å². The summed E-state index contributed by atoms with van der Waals surface area (Å²) in [6, 6.07) is 5.00. The van der Waals surface area contributed by atoms with Gasteiger partial charge < -0.3 is 20.5 Å². The Hall–Kier alpha value is -3.11. The Bertz CT molecular complexity index is 1090. The van der Waals surface area contributed by atoms with Gasteiger partial charge >= 0.3 is 12.1 Å². The normalized spacial score (nSPS) is 16.2. The Morgan fingerprint density at radius 1 is 1.36 bits per heavy atom. The maximum absolute atomic E-state index is 12.9. The Kier molecular flexibility index (Phi) is 10.7. The lowest BCUT2D eigenvalue weighted by atomic mass is 9.90. The number of allylic oxidation sites excluding steroid dienone is 1. The van der Waals surface area contributed by atoms with Crippen molar-refractivity contribution < 1.29 is 32.6 Å². The largest absolute Gasteiger partial charge is 0.495 e. The molecule has 0 aliphatic heterocycles. The number of methoxy groups -OCH3 is 1. The first-order chi connectivity index (χ1) is 17.0. The number of hydrogen-bond acceptors (Lipinski definition) is 6. The minimum atomic E-state index is -4.55. The van der Waals surface area contributed by atoms with Gasteiger partial charge in [-0.15, -0.1) is 0 Å². The van der Waals surface area contributed by atoms with Crippen molar-refractivity contribution in [1.82, 2.24) is 10.3 Å². The molecule has 0 saturated carbocycles. The number of aldehydes is 1. The summed E-state index contributed by atoms with van der Waals surface area (Å²) >= 11 is 6.07. The molecular weight excluding hydrogens is 499 g/mol. The summed E-state index contributed by atoms with van der Waals surface area (Å²) in [6.07, 6.45) is 1.61. The molecule has 36 heavy (non-hydrogen) atoms. The molecule has 0 fully saturated rings. The van der Waals surface area contributed by atoms with Gasteiger partial charge in [-0.05, 0) is 57.5 Å². The first-order valence-electron chi connectivity index (χ1n) is 11.2. The van der Waals surface area contributed by atoms with Gasteiger partial charge in [0.15, 0.2) is 0 Å². The second-order valence-electron chi connectivity index (χ2n) is 8.23. The summed E-state index contributed by atoms with van der Waals surface area (Å²) in [4.78, 5) is 24.7. The number of carbonyl (C=O) groups excluding carboxylic acids is 1. The van der Waals surface area contributed by atoms with E-state index in [0.717, 1.165) is 31.6 Å². The number of aromatic nitrogens is 1. The van der Waals surface area contributed by atoms with Crippen LogP contribution in [0.25, 0.3) is 0 Å². The lowest BCUT2D eigenvalue weighted by Crippen LogP contribution is -2.19. The van der Waals surface area contributed by atoms with E-state index in [2.05, 4.69) is 21.7 Å². The number of carboxylic acids is 1. The van der Waals surface area contributed by atoms with Gasteiger partial charge in [0.1, 0.15) is 17.7 Å². The van der Waals surface area contributed by atoms with E-state index in [0.29, 0.717) is 24.0 Å². The molecule has 1 aromatic heterocycles. The average Bonchev–Trinajstić information content (AvgIpc) is 2.85. The Morgan fingerprint density at radius 2 is 2.08 bits per heavy atom. The smallest absolute Gasteiger partial charge is 0.433 e. The molecule has 1 aliphatic carbocycles. The number of carbonyl (C=O) groups is 2. The van der Waals surface area contributed by atoms with E-state index >= 15 is 0 Å². The van der Waals surface area contributed by atoms with Crippen LogP contribution in [-0.2, 0) is 11.0 Å². The van der Waals surface area contributed by atoms with Gasteiger partial charge in [0, 0.05) is 17.7 Å². The van der Waals surface area contributed by atoms with Crippen LogP contribution >= 0.6 is 11.6 Å². The van der Waals surface area contributed by atoms with Crippen LogP contribution < -0.4 is 15.4 Å². The number of nitrogens with one attached hydrogen (secondary N) is 2. The van der Waals surface area contributed by atoms with Crippen molar-refractivity contribution in [3.63, 3.8) is 0 Å². The Labute approximate surface area is 212 Å². The van der Waals surface area contributed by atoms with Crippen LogP contribution in [-0.4, -0.2) is 43.0 Å². The summed E-state index contributed by atoms with van der Waals surface area (Å²) in [5.74, 6) is -0.580. The van der Waals surface area contributed by atoms with Crippen LogP contribution in [0.15, 0.2) is 42.1 Å². The second kappa shape index (κ2) is 13.3. The number of hydrogen-bond donors (Lipinski definition) is 3. The quantitative estimate of drug-likeness (QED) is 0.296. The SMILES string of the molecule is CNCC1=CCC(C(=O)O)CC1.COc1cnc(C(F)(F)F)cc1[C@H](C)Nc1ccc(C=O)cc1Cl. The van der Waals surface area contributed by atoms with Crippen LogP contribution in [0.2, 0.25) is 5.02 Å². The molecule has 196 valence electrons. The molecule has 1 unspecified atom stereocenters. The van der Waals surface area contributed by atoms with Crippen molar-refractivity contribution in [2.24, 2.45) is 5.92 Å². The van der Waals surface area contributed by atoms with Crippen LogP contribution in [0, 0.1) is 5.92 Å². The third-order valence-electron chi connectivity index (χ3n) is 5.63. The van der Waals surface area contributed by atoms with Crippen LogP contribution in [0.4, 0.5) is 18.9 Å². The molecule has 0 amide bonds. The van der Waals surface area contributed by atoms with E-state index in [9.17, 15) is 22.8 Å². The lowest BCUT2D eigenvalue weighted by Gasteiger charge is -2.20. The molecule has 3 rings (SSSR count). The van der Waals surface area contributed by atoms with E-state index in [1.165, 1.54) is 18.7 Å². The van der Waals surface area contributed by atoms with Gasteiger partial charge in [-0.2, -0.15) is 13.2 Å². The first kappa shape index (κ1) is 29.1. The number of benzene rings is 1. The number of carboxylic acid groups (broad SMARTS) is 1. The maximum atomic E-state index is 12.9. The number of halogens is 4. The highest BCUT2D eigenvalue weighted by Gasteiger charge is 2.33. The molecule has 3 N–H and O–H groups in total. The van der Waals surface area contributed by atoms with Gasteiger partial charge in [-0.25, -0.2) is 4.98 Å². The van der Waals surface area contributed by atoms with Crippen molar-refractivity contribution in [2.45, 2.75) is 38.4 Å². The standard InChI is InChI=1S/C16H14ClF3N2O2.C9H15NO2/c1-9(22-13-4-3-10(8-23)5-12(13)17)11-6-15(16(18,19)20)21-7-14(11)24-2;1-10-6-7-2-4-8(5-3-7)9(11)12/h3-9,22H,1-2H3;2,8,10H,3-6H2,1H3,(H,11,12)/t9-;/m0./s1. The van der Waals surface area contributed by atoms with Crippen LogP contribution in [0.1, 0.15) is 53.8 Å². The number of anilines is 1. The molecule has 11 heteroatoms. The molecule has 0 saturated heterocycles. The minimum Gasteiger partial charge on any atom is -0.495 e. The predicted molar refractivity (Wildman–Crippen MR) is 132 cm³/mol. The van der Waals surface area contributed by atoms with Crippen LogP contribution in [0.5, 0.6) is 5.75 Å². The van der Waals surface area contributed by atoms with Crippen molar-refractivity contribution in [3.05, 3.63) is 64.0 Å². The predicted octanol–water partition coefficient (Wildman–Crippen LogP) is 5.76. The minimum absolute atomic E-state index is 0.148. The zero-order valence-corrected chi connectivity index (χ0v) is 20.9. The molecule has 7 nitrogen and oxygen atoms in total. The molecule has 2 atom stereocenters. The van der Waals surface area contributed by atoms with Gasteiger partial charge in [0.25, 0.3) is 0 Å². The zero-order chi connectivity index (χ0) is 26.9. The van der Waals surface area contributed by atoms with E-state index in [4.69, 9.17) is 21.4 Å². The highest BCUT2D eigenvalue weighted by molar-refractivity contribution is 6.33. The zero-order valence-electron chi connectivity index (χ0n) is 20.2. The highest BCUT2D eigenvalue weighted by Crippen LogP contribution is 2.35.